The van der Waals surface area contributed by atoms with Gasteiger partial charge in [0.25, 0.3) is 0 Å². The predicted octanol–water partition coefficient (Wildman–Crippen LogP) is 14.3. The Kier molecular flexibility index (Phi) is 7.05. The normalized spacial score (nSPS) is 17.2. The molecule has 0 N–H and O–H groups in total. The summed E-state index contributed by atoms with van der Waals surface area (Å²) in [6.07, 6.45) is 13.7. The Morgan fingerprint density at radius 1 is 0.585 bits per heavy atom. The van der Waals surface area contributed by atoms with Gasteiger partial charge in [0.2, 0.25) is 0 Å². The molecule has 0 bridgehead atoms. The van der Waals surface area contributed by atoms with Gasteiger partial charge in [0.05, 0.1) is 0 Å². The second kappa shape index (κ2) is 12.0. The molecule has 2 unspecified atom stereocenters. The molecule has 3 aliphatic rings. The molecule has 0 spiro atoms. The van der Waals surface area contributed by atoms with Crippen LogP contribution in [0.4, 0.5) is 0 Å². The third-order valence-electron chi connectivity index (χ3n) is 11.6. The Balaban J connectivity index is 1.12. The van der Waals surface area contributed by atoms with E-state index >= 15 is 0 Å². The third kappa shape index (κ3) is 4.67. The molecular formula is C50H36OS2. The van der Waals surface area contributed by atoms with E-state index in [9.17, 15) is 0 Å². The van der Waals surface area contributed by atoms with Gasteiger partial charge in [-0.15, -0.1) is 22.7 Å². The largest absolute Gasteiger partial charge is 0.484 e. The Morgan fingerprint density at radius 2 is 1.17 bits per heavy atom. The minimum Gasteiger partial charge on any atom is -0.484 e. The lowest BCUT2D eigenvalue weighted by molar-refractivity contribution is 0.278. The van der Waals surface area contributed by atoms with Crippen LogP contribution >= 0.6 is 22.7 Å². The smallest absolute Gasteiger partial charge is 0.135 e. The molecule has 1 nitrogen and oxygen atoms in total. The van der Waals surface area contributed by atoms with Gasteiger partial charge in [-0.05, 0) is 117 Å². The molecule has 3 heterocycles. The van der Waals surface area contributed by atoms with E-state index in [1.165, 1.54) is 102 Å². The van der Waals surface area contributed by atoms with Crippen LogP contribution < -0.4 is 4.74 Å². The van der Waals surface area contributed by atoms with E-state index in [1.807, 2.05) is 22.7 Å². The van der Waals surface area contributed by atoms with Crippen molar-refractivity contribution < 1.29 is 4.74 Å². The van der Waals surface area contributed by atoms with Crippen LogP contribution in [-0.2, 0) is 6.42 Å². The monoisotopic (exact) mass is 716 g/mol. The lowest BCUT2D eigenvalue weighted by atomic mass is 9.76. The van der Waals surface area contributed by atoms with Crippen LogP contribution in [0, 0.1) is 13.8 Å². The third-order valence-corrected chi connectivity index (χ3v) is 13.6. The number of benzene rings is 6. The summed E-state index contributed by atoms with van der Waals surface area (Å²) < 4.78 is 7.18. The zero-order valence-corrected chi connectivity index (χ0v) is 31.3. The van der Waals surface area contributed by atoms with E-state index in [0.717, 1.165) is 18.6 Å². The fourth-order valence-electron chi connectivity index (χ4n) is 9.42. The molecule has 6 aromatic carbocycles. The Bertz CT molecular complexity index is 2850. The van der Waals surface area contributed by atoms with Crippen molar-refractivity contribution in [3.8, 4) is 37.8 Å². The maximum absolute atomic E-state index is 7.18. The maximum atomic E-state index is 7.18. The van der Waals surface area contributed by atoms with E-state index in [-0.39, 0.29) is 12.0 Å². The van der Waals surface area contributed by atoms with Gasteiger partial charge in [-0.25, -0.2) is 0 Å². The summed E-state index contributed by atoms with van der Waals surface area (Å²) >= 11 is 3.77. The molecule has 0 amide bonds. The van der Waals surface area contributed by atoms with Crippen LogP contribution in [0.1, 0.15) is 44.3 Å². The summed E-state index contributed by atoms with van der Waals surface area (Å²) in [7, 11) is 0. The highest BCUT2D eigenvalue weighted by Gasteiger charge is 2.40. The summed E-state index contributed by atoms with van der Waals surface area (Å²) in [6.45, 7) is 4.41. The first-order valence-corrected chi connectivity index (χ1v) is 20.3. The molecule has 8 aromatic rings. The quantitative estimate of drug-likeness (QED) is 0.165. The molecule has 1 aliphatic heterocycles. The zero-order chi connectivity index (χ0) is 35.2. The van der Waals surface area contributed by atoms with Gasteiger partial charge in [0, 0.05) is 47.7 Å². The van der Waals surface area contributed by atoms with E-state index in [0.29, 0.717) is 0 Å². The number of thiophene rings is 2. The van der Waals surface area contributed by atoms with Gasteiger partial charge < -0.3 is 4.74 Å². The van der Waals surface area contributed by atoms with E-state index < -0.39 is 0 Å². The molecule has 11 rings (SSSR count). The number of ether oxygens (including phenoxy) is 1. The van der Waals surface area contributed by atoms with Gasteiger partial charge in [-0.2, -0.15) is 0 Å². The van der Waals surface area contributed by atoms with Crippen LogP contribution in [-0.4, -0.2) is 6.10 Å². The lowest BCUT2D eigenvalue weighted by Gasteiger charge is -2.27. The van der Waals surface area contributed by atoms with Crippen LogP contribution in [0.15, 0.2) is 140 Å². The zero-order valence-electron chi connectivity index (χ0n) is 29.7. The molecule has 53 heavy (non-hydrogen) atoms. The van der Waals surface area contributed by atoms with E-state index in [4.69, 9.17) is 4.74 Å². The van der Waals surface area contributed by atoms with Gasteiger partial charge in [0.1, 0.15) is 11.9 Å². The van der Waals surface area contributed by atoms with Crippen molar-refractivity contribution in [1.82, 2.24) is 0 Å². The molecule has 254 valence electrons. The first kappa shape index (κ1) is 31.1. The highest BCUT2D eigenvalue weighted by atomic mass is 32.1. The second-order valence-corrected chi connectivity index (χ2v) is 17.2. The summed E-state index contributed by atoms with van der Waals surface area (Å²) in [5.74, 6) is 1.09. The topological polar surface area (TPSA) is 9.23 Å². The summed E-state index contributed by atoms with van der Waals surface area (Å²) in [6, 6.07) is 42.9. The molecule has 0 saturated carbocycles. The molecular weight excluding hydrogens is 681 g/mol. The fourth-order valence-corrected chi connectivity index (χ4v) is 11.3. The van der Waals surface area contributed by atoms with Crippen LogP contribution in [0.3, 0.4) is 0 Å². The van der Waals surface area contributed by atoms with Crippen molar-refractivity contribution in [2.45, 2.75) is 38.7 Å². The second-order valence-electron chi connectivity index (χ2n) is 14.6. The SMILES string of the molecule is Cc1ccc(-c2c3c(c(-c4cccc5c4C4C=CC=C(c6c7ccccc7c(-c7ccc(C)s7)c7ccccc67)C4O5)c4ccccc24)CCC=C3)s1. The number of fused-ring (bicyclic) bond motifs is 7. The van der Waals surface area contributed by atoms with Crippen molar-refractivity contribution in [2.75, 3.05) is 0 Å². The molecule has 0 fully saturated rings. The summed E-state index contributed by atoms with van der Waals surface area (Å²) in [5.41, 5.74) is 12.0. The maximum Gasteiger partial charge on any atom is 0.135 e. The first-order valence-electron chi connectivity index (χ1n) is 18.6. The van der Waals surface area contributed by atoms with Gasteiger partial charge >= 0.3 is 0 Å². The summed E-state index contributed by atoms with van der Waals surface area (Å²) in [4.78, 5) is 5.33. The van der Waals surface area contributed by atoms with Crippen LogP contribution in [0.5, 0.6) is 5.75 Å². The molecule has 0 radical (unpaired) electrons. The first-order chi connectivity index (χ1) is 26.1. The van der Waals surface area contributed by atoms with Crippen molar-refractivity contribution in [3.63, 3.8) is 0 Å². The molecule has 3 heteroatoms. The van der Waals surface area contributed by atoms with E-state index in [2.05, 4.69) is 159 Å². The molecule has 2 atom stereocenters. The number of rotatable bonds is 4. The van der Waals surface area contributed by atoms with Gasteiger partial charge in [0.15, 0.2) is 0 Å². The van der Waals surface area contributed by atoms with Crippen LogP contribution in [0.25, 0.3) is 76.0 Å². The van der Waals surface area contributed by atoms with Crippen molar-refractivity contribution in [2.24, 2.45) is 0 Å². The minimum atomic E-state index is -0.131. The van der Waals surface area contributed by atoms with Crippen molar-refractivity contribution >= 4 is 66.6 Å². The number of hydrogen-bond acceptors (Lipinski definition) is 3. The van der Waals surface area contributed by atoms with Crippen LogP contribution in [0.2, 0.25) is 0 Å². The summed E-state index contributed by atoms with van der Waals surface area (Å²) in [5, 5.41) is 7.78. The number of allylic oxidation sites excluding steroid dienone is 3. The standard InChI is InChI=1S/C50H36OS2/c1-29-25-27-43(52-29)48-35-17-7-3-13-31(35)45(32-14-4-8-18-36(32)48)39-21-12-24-42-47(39)41-23-11-22-40(50(41)51-42)46-33-15-5-9-19-37(33)49(44-28-26-30(2)53-44)38-20-10-6-16-34(38)46/h3,5-13,15-28,41,50H,4,14H2,1-2H3. The minimum absolute atomic E-state index is 0.0894. The number of hydrogen-bond donors (Lipinski definition) is 0. The Hall–Kier alpha value is -5.48. The van der Waals surface area contributed by atoms with Gasteiger partial charge in [-0.1, -0.05) is 115 Å². The predicted molar refractivity (Wildman–Crippen MR) is 229 cm³/mol. The Labute approximate surface area is 317 Å². The molecule has 2 aliphatic carbocycles. The lowest BCUT2D eigenvalue weighted by Crippen LogP contribution is -2.22. The fraction of sp³-hybridized carbons (Fsp3) is 0.120. The van der Waals surface area contributed by atoms with E-state index in [1.54, 1.807) is 0 Å². The van der Waals surface area contributed by atoms with Gasteiger partial charge in [-0.3, -0.25) is 0 Å². The Morgan fingerprint density at radius 3 is 1.79 bits per heavy atom. The number of aryl methyl sites for hydroxylation is 2. The molecule has 0 saturated heterocycles. The highest BCUT2D eigenvalue weighted by Crippen LogP contribution is 2.55. The average Bonchev–Trinajstić information content (AvgIpc) is 3.94. The van der Waals surface area contributed by atoms with Crippen molar-refractivity contribution in [3.05, 3.63) is 172 Å². The average molecular weight is 717 g/mol. The molecule has 2 aromatic heterocycles. The van der Waals surface area contributed by atoms with Crippen molar-refractivity contribution in [1.29, 1.82) is 0 Å². The highest BCUT2D eigenvalue weighted by molar-refractivity contribution is 7.16.